The molecule has 4 rings (SSSR count). The number of nitro benzene ring substituents is 1. The molecule has 3 aromatic rings. The first-order valence-electron chi connectivity index (χ1n) is 9.65. The van der Waals surface area contributed by atoms with Crippen molar-refractivity contribution < 1.29 is 9.72 Å². The van der Waals surface area contributed by atoms with Crippen LogP contribution in [-0.2, 0) is 12.8 Å². The minimum absolute atomic E-state index is 0.114. The second kappa shape index (κ2) is 6.91. The number of nitrogens with two attached hydrogens (primary N) is 1. The molecule has 150 valence electrons. The van der Waals surface area contributed by atoms with Gasteiger partial charge in [-0.2, -0.15) is 0 Å². The van der Waals surface area contributed by atoms with Gasteiger partial charge in [-0.25, -0.2) is 4.98 Å². The van der Waals surface area contributed by atoms with E-state index in [1.807, 2.05) is 0 Å². The van der Waals surface area contributed by atoms with E-state index in [9.17, 15) is 14.9 Å². The van der Waals surface area contributed by atoms with Gasteiger partial charge in [0.1, 0.15) is 9.71 Å². The number of carbonyl (C=O) groups is 1. The van der Waals surface area contributed by atoms with Crippen molar-refractivity contribution >= 4 is 38.7 Å². The summed E-state index contributed by atoms with van der Waals surface area (Å²) < 4.78 is 0. The van der Waals surface area contributed by atoms with E-state index in [2.05, 4.69) is 26.8 Å². The molecule has 0 saturated heterocycles. The summed E-state index contributed by atoms with van der Waals surface area (Å²) >= 11 is 1.26. The fourth-order valence-electron chi connectivity index (χ4n) is 3.99. The Hall–Kier alpha value is -2.80. The van der Waals surface area contributed by atoms with Gasteiger partial charge in [-0.3, -0.25) is 14.9 Å². The number of hydrogen-bond donors (Lipinski definition) is 1. The number of rotatable bonds is 3. The first kappa shape index (κ1) is 19.5. The highest BCUT2D eigenvalue weighted by atomic mass is 32.1. The van der Waals surface area contributed by atoms with Crippen molar-refractivity contribution in [1.29, 1.82) is 0 Å². The summed E-state index contributed by atoms with van der Waals surface area (Å²) in [5.41, 5.74) is 9.44. The van der Waals surface area contributed by atoms with E-state index in [0.717, 1.165) is 35.2 Å². The molecule has 2 heterocycles. The van der Waals surface area contributed by atoms with Crippen LogP contribution in [-0.4, -0.2) is 15.7 Å². The van der Waals surface area contributed by atoms with E-state index >= 15 is 0 Å². The molecule has 0 fully saturated rings. The maximum atomic E-state index is 13.0. The summed E-state index contributed by atoms with van der Waals surface area (Å²) in [5, 5.41) is 11.8. The van der Waals surface area contributed by atoms with Crippen LogP contribution in [0.3, 0.4) is 0 Å². The molecule has 1 atom stereocenters. The number of non-ortho nitro benzene ring substituents is 1. The van der Waals surface area contributed by atoms with Gasteiger partial charge in [-0.05, 0) is 42.2 Å². The van der Waals surface area contributed by atoms with Crippen molar-refractivity contribution in [2.24, 2.45) is 11.3 Å². The minimum atomic E-state index is -0.508. The van der Waals surface area contributed by atoms with Crippen LogP contribution < -0.4 is 5.73 Å². The van der Waals surface area contributed by atoms with Gasteiger partial charge in [-0.1, -0.05) is 32.9 Å². The third-order valence-electron chi connectivity index (χ3n) is 5.84. The molecule has 2 N–H and O–H groups in total. The number of nitrogens with zero attached hydrogens (tertiary/aromatic N) is 2. The van der Waals surface area contributed by atoms with Gasteiger partial charge in [-0.15, -0.1) is 11.3 Å². The SMILES string of the molecule is CC(C)(C)C1CCc2nc3sc(C(=O)c4cccc([N+](=O)[O-])c4)c(N)c3cc2C1. The number of nitro groups is 1. The molecule has 1 aromatic carbocycles. The van der Waals surface area contributed by atoms with E-state index in [1.54, 1.807) is 6.07 Å². The van der Waals surface area contributed by atoms with E-state index in [-0.39, 0.29) is 22.4 Å². The minimum Gasteiger partial charge on any atom is -0.397 e. The Morgan fingerprint density at radius 3 is 2.76 bits per heavy atom. The van der Waals surface area contributed by atoms with Crippen LogP contribution in [0.25, 0.3) is 10.2 Å². The number of pyridine rings is 1. The lowest BCUT2D eigenvalue weighted by Crippen LogP contribution is -2.27. The predicted molar refractivity (Wildman–Crippen MR) is 116 cm³/mol. The zero-order valence-electron chi connectivity index (χ0n) is 16.7. The number of benzene rings is 1. The monoisotopic (exact) mass is 409 g/mol. The van der Waals surface area contributed by atoms with Gasteiger partial charge >= 0.3 is 0 Å². The van der Waals surface area contributed by atoms with Crippen molar-refractivity contribution in [3.05, 3.63) is 62.1 Å². The van der Waals surface area contributed by atoms with Gasteiger partial charge in [0.2, 0.25) is 5.78 Å². The third-order valence-corrected chi connectivity index (χ3v) is 6.95. The average molecular weight is 410 g/mol. The molecule has 1 unspecified atom stereocenters. The third kappa shape index (κ3) is 3.51. The quantitative estimate of drug-likeness (QED) is 0.365. The summed E-state index contributed by atoms with van der Waals surface area (Å²) in [6.07, 6.45) is 3.00. The fourth-order valence-corrected chi connectivity index (χ4v) is 5.05. The molecule has 2 aromatic heterocycles. The van der Waals surface area contributed by atoms with Gasteiger partial charge in [0, 0.05) is 28.8 Å². The van der Waals surface area contributed by atoms with Crippen LogP contribution in [0, 0.1) is 21.4 Å². The predicted octanol–water partition coefficient (Wildman–Crippen LogP) is 5.17. The zero-order chi connectivity index (χ0) is 20.9. The van der Waals surface area contributed by atoms with Crippen molar-refractivity contribution in [2.45, 2.75) is 40.0 Å². The maximum Gasteiger partial charge on any atom is 0.270 e. The van der Waals surface area contributed by atoms with Gasteiger partial charge in [0.25, 0.3) is 5.69 Å². The maximum absolute atomic E-state index is 13.0. The van der Waals surface area contributed by atoms with Crippen LogP contribution in [0.4, 0.5) is 11.4 Å². The Bertz CT molecular complexity index is 1140. The number of aromatic nitrogens is 1. The molecule has 29 heavy (non-hydrogen) atoms. The summed E-state index contributed by atoms with van der Waals surface area (Å²) in [6, 6.07) is 7.83. The molecule has 1 aliphatic carbocycles. The molecule has 0 radical (unpaired) electrons. The van der Waals surface area contributed by atoms with E-state index in [4.69, 9.17) is 10.7 Å². The lowest BCUT2D eigenvalue weighted by atomic mass is 9.71. The smallest absolute Gasteiger partial charge is 0.270 e. The van der Waals surface area contributed by atoms with E-state index in [1.165, 1.54) is 35.1 Å². The summed E-state index contributed by atoms with van der Waals surface area (Å²) in [4.78, 5) is 29.5. The second-order valence-electron chi connectivity index (χ2n) is 8.73. The fraction of sp³-hybridized carbons (Fsp3) is 0.364. The average Bonchev–Trinajstić information content (AvgIpc) is 3.00. The Labute approximate surface area is 172 Å². The lowest BCUT2D eigenvalue weighted by molar-refractivity contribution is -0.384. The van der Waals surface area contributed by atoms with Crippen LogP contribution in [0.1, 0.15) is 53.7 Å². The highest BCUT2D eigenvalue weighted by Gasteiger charge is 2.30. The standard InChI is InChI=1S/C22H23N3O3S/c1-22(2,3)14-7-8-17-13(9-14)11-16-18(23)20(29-21(16)24-17)19(26)12-5-4-6-15(10-12)25(27)28/h4-6,10-11,14H,7-9,23H2,1-3H3. The van der Waals surface area contributed by atoms with Crippen molar-refractivity contribution in [2.75, 3.05) is 5.73 Å². The Kier molecular flexibility index (Phi) is 4.65. The molecule has 0 aliphatic heterocycles. The van der Waals surface area contributed by atoms with Gasteiger partial charge < -0.3 is 5.73 Å². The summed E-state index contributed by atoms with van der Waals surface area (Å²) in [5.74, 6) is 0.278. The van der Waals surface area contributed by atoms with Crippen LogP contribution in [0.2, 0.25) is 0 Å². The number of thiophene rings is 1. The topological polar surface area (TPSA) is 99.1 Å². The molecule has 0 spiro atoms. The van der Waals surface area contributed by atoms with Crippen LogP contribution in [0.15, 0.2) is 30.3 Å². The molecular formula is C22H23N3O3S. The first-order valence-corrected chi connectivity index (χ1v) is 10.5. The molecule has 6 nitrogen and oxygen atoms in total. The Morgan fingerprint density at radius 1 is 1.31 bits per heavy atom. The number of carbonyl (C=O) groups excluding carboxylic acids is 1. The zero-order valence-corrected chi connectivity index (χ0v) is 17.5. The van der Waals surface area contributed by atoms with Crippen molar-refractivity contribution in [3.8, 4) is 0 Å². The van der Waals surface area contributed by atoms with Crippen molar-refractivity contribution in [1.82, 2.24) is 4.98 Å². The molecule has 0 amide bonds. The van der Waals surface area contributed by atoms with E-state index in [0.29, 0.717) is 16.5 Å². The first-order chi connectivity index (χ1) is 13.6. The van der Waals surface area contributed by atoms with Crippen LogP contribution >= 0.6 is 11.3 Å². The molecular weight excluding hydrogens is 386 g/mol. The normalized spacial score (nSPS) is 16.6. The van der Waals surface area contributed by atoms with Gasteiger partial charge in [0.05, 0.1) is 10.6 Å². The highest BCUT2D eigenvalue weighted by molar-refractivity contribution is 7.21. The van der Waals surface area contributed by atoms with Crippen LogP contribution in [0.5, 0.6) is 0 Å². The number of aryl methyl sites for hydroxylation is 1. The number of hydrogen-bond acceptors (Lipinski definition) is 6. The second-order valence-corrected chi connectivity index (χ2v) is 9.73. The summed E-state index contributed by atoms with van der Waals surface area (Å²) in [6.45, 7) is 6.80. The molecule has 7 heteroatoms. The largest absolute Gasteiger partial charge is 0.397 e. The van der Waals surface area contributed by atoms with Crippen molar-refractivity contribution in [3.63, 3.8) is 0 Å². The van der Waals surface area contributed by atoms with E-state index < -0.39 is 4.92 Å². The number of nitrogen functional groups attached to an aromatic ring is 1. The Balaban J connectivity index is 1.74. The number of ketones is 1. The lowest BCUT2D eigenvalue weighted by Gasteiger charge is -2.34. The Morgan fingerprint density at radius 2 is 2.07 bits per heavy atom. The number of fused-ring (bicyclic) bond motifs is 2. The van der Waals surface area contributed by atoms with Gasteiger partial charge in [0.15, 0.2) is 0 Å². The molecule has 0 saturated carbocycles. The highest BCUT2D eigenvalue weighted by Crippen LogP contribution is 2.41. The molecule has 1 aliphatic rings. The number of anilines is 1. The summed E-state index contributed by atoms with van der Waals surface area (Å²) in [7, 11) is 0. The molecule has 0 bridgehead atoms.